The number of nitrogens with one attached hydrogen (secondary N) is 1. The van der Waals surface area contributed by atoms with Gasteiger partial charge in [-0.25, -0.2) is 9.37 Å². The molecule has 5 heteroatoms. The lowest BCUT2D eigenvalue weighted by molar-refractivity contribution is 0.612. The molecular formula is C14H17ClFN3. The van der Waals surface area contributed by atoms with Crippen LogP contribution in [0.3, 0.4) is 0 Å². The van der Waals surface area contributed by atoms with Gasteiger partial charge in [0, 0.05) is 18.9 Å². The zero-order valence-electron chi connectivity index (χ0n) is 10.9. The van der Waals surface area contributed by atoms with Gasteiger partial charge in [0.15, 0.2) is 0 Å². The van der Waals surface area contributed by atoms with Crippen molar-refractivity contribution in [2.24, 2.45) is 0 Å². The molecule has 0 fully saturated rings. The fourth-order valence-electron chi connectivity index (χ4n) is 1.86. The van der Waals surface area contributed by atoms with E-state index in [0.29, 0.717) is 6.54 Å². The molecule has 0 saturated carbocycles. The molecule has 0 aliphatic carbocycles. The molecule has 0 bridgehead atoms. The van der Waals surface area contributed by atoms with Crippen molar-refractivity contribution in [3.63, 3.8) is 0 Å². The molecule has 1 N–H and O–H groups in total. The molecule has 0 amide bonds. The molecule has 19 heavy (non-hydrogen) atoms. The summed E-state index contributed by atoms with van der Waals surface area (Å²) in [5.74, 6) is 0.579. The van der Waals surface area contributed by atoms with Crippen LogP contribution in [0.15, 0.2) is 30.6 Å². The molecule has 1 aromatic heterocycles. The first kappa shape index (κ1) is 14.0. The number of halogens is 2. The molecule has 2 rings (SSSR count). The second kappa shape index (κ2) is 6.68. The molecule has 0 atom stereocenters. The maximum atomic E-state index is 13.1. The monoisotopic (exact) mass is 281 g/mol. The first-order valence-electron chi connectivity index (χ1n) is 6.35. The predicted molar refractivity (Wildman–Crippen MR) is 74.7 cm³/mol. The molecule has 0 spiro atoms. The van der Waals surface area contributed by atoms with Crippen LogP contribution in [0, 0.1) is 5.82 Å². The minimum absolute atomic E-state index is 0.156. The minimum atomic E-state index is -0.388. The molecule has 0 radical (unpaired) electrons. The van der Waals surface area contributed by atoms with Gasteiger partial charge in [-0.1, -0.05) is 24.6 Å². The fourth-order valence-corrected chi connectivity index (χ4v) is 2.07. The molecule has 2 aromatic rings. The van der Waals surface area contributed by atoms with Crippen molar-refractivity contribution in [3.8, 4) is 0 Å². The third kappa shape index (κ3) is 3.78. The average Bonchev–Trinajstić information content (AvgIpc) is 2.82. The highest BCUT2D eigenvalue weighted by Crippen LogP contribution is 2.17. The molecule has 1 aromatic carbocycles. The summed E-state index contributed by atoms with van der Waals surface area (Å²) in [5, 5.41) is 3.47. The number of aromatic nitrogens is 2. The molecule has 0 aliphatic rings. The lowest BCUT2D eigenvalue weighted by atomic mass is 10.2. The van der Waals surface area contributed by atoms with Gasteiger partial charge < -0.3 is 9.88 Å². The van der Waals surface area contributed by atoms with E-state index >= 15 is 0 Å². The van der Waals surface area contributed by atoms with E-state index in [9.17, 15) is 4.39 Å². The first-order chi connectivity index (χ1) is 9.20. The normalized spacial score (nSPS) is 10.9. The van der Waals surface area contributed by atoms with Crippen molar-refractivity contribution >= 4 is 11.6 Å². The van der Waals surface area contributed by atoms with E-state index in [1.807, 2.05) is 10.8 Å². The minimum Gasteiger partial charge on any atom is -0.329 e. The largest absolute Gasteiger partial charge is 0.329 e. The zero-order valence-corrected chi connectivity index (χ0v) is 11.6. The van der Waals surface area contributed by atoms with Crippen molar-refractivity contribution in [1.82, 2.24) is 14.9 Å². The lowest BCUT2D eigenvalue weighted by Crippen LogP contribution is -2.17. The Bertz CT molecular complexity index is 539. The van der Waals surface area contributed by atoms with Crippen LogP contribution in [0.25, 0.3) is 0 Å². The van der Waals surface area contributed by atoms with Gasteiger partial charge in [-0.05, 0) is 30.7 Å². The van der Waals surface area contributed by atoms with E-state index in [1.54, 1.807) is 18.3 Å². The number of nitrogens with zero attached hydrogens (tertiary/aromatic N) is 2. The van der Waals surface area contributed by atoms with Crippen molar-refractivity contribution in [2.75, 3.05) is 6.54 Å². The van der Waals surface area contributed by atoms with Crippen LogP contribution in [0.4, 0.5) is 4.39 Å². The smallest absolute Gasteiger partial charge is 0.141 e. The summed E-state index contributed by atoms with van der Waals surface area (Å²) in [5.41, 5.74) is 0.959. The number of rotatable bonds is 6. The Kier molecular flexibility index (Phi) is 4.93. The molecule has 0 unspecified atom stereocenters. The van der Waals surface area contributed by atoms with Crippen LogP contribution in [-0.2, 0) is 13.1 Å². The van der Waals surface area contributed by atoms with E-state index < -0.39 is 0 Å². The third-order valence-corrected chi connectivity index (χ3v) is 3.14. The highest BCUT2D eigenvalue weighted by Gasteiger charge is 2.05. The maximum Gasteiger partial charge on any atom is 0.141 e. The fraction of sp³-hybridized carbons (Fsp3) is 0.357. The van der Waals surface area contributed by atoms with Crippen LogP contribution in [0.2, 0.25) is 5.02 Å². The Hall–Kier alpha value is -1.39. The summed E-state index contributed by atoms with van der Waals surface area (Å²) in [6, 6.07) is 4.79. The molecular weight excluding hydrogens is 265 g/mol. The van der Waals surface area contributed by atoms with Gasteiger partial charge in [0.1, 0.15) is 11.6 Å². The first-order valence-corrected chi connectivity index (χ1v) is 6.73. The molecule has 1 heterocycles. The van der Waals surface area contributed by atoms with Gasteiger partial charge in [-0.3, -0.25) is 0 Å². The number of hydrogen-bond acceptors (Lipinski definition) is 2. The van der Waals surface area contributed by atoms with E-state index in [2.05, 4.69) is 17.2 Å². The van der Waals surface area contributed by atoms with Crippen LogP contribution in [0.1, 0.15) is 24.7 Å². The Morgan fingerprint density at radius 3 is 3.00 bits per heavy atom. The van der Waals surface area contributed by atoms with Crippen LogP contribution in [-0.4, -0.2) is 16.1 Å². The molecule has 0 aliphatic heterocycles. The summed E-state index contributed by atoms with van der Waals surface area (Å²) >= 11 is 5.78. The summed E-state index contributed by atoms with van der Waals surface area (Å²) in [6.45, 7) is 4.47. The van der Waals surface area contributed by atoms with E-state index in [-0.39, 0.29) is 10.8 Å². The van der Waals surface area contributed by atoms with Crippen molar-refractivity contribution in [2.45, 2.75) is 26.4 Å². The van der Waals surface area contributed by atoms with Gasteiger partial charge in [-0.15, -0.1) is 0 Å². The highest BCUT2D eigenvalue weighted by molar-refractivity contribution is 6.30. The summed E-state index contributed by atoms with van der Waals surface area (Å²) in [6.07, 6.45) is 4.78. The van der Waals surface area contributed by atoms with Crippen molar-refractivity contribution < 1.29 is 4.39 Å². The van der Waals surface area contributed by atoms with E-state index in [1.165, 1.54) is 6.07 Å². The molecule has 0 saturated heterocycles. The second-order valence-electron chi connectivity index (χ2n) is 4.40. The number of hydrogen-bond donors (Lipinski definition) is 1. The number of imidazole rings is 1. The highest BCUT2D eigenvalue weighted by atomic mass is 35.5. The van der Waals surface area contributed by atoms with Gasteiger partial charge >= 0.3 is 0 Å². The Balaban J connectivity index is 2.06. The quantitative estimate of drug-likeness (QED) is 0.824. The van der Waals surface area contributed by atoms with Crippen LogP contribution >= 0.6 is 11.6 Å². The Morgan fingerprint density at radius 2 is 2.26 bits per heavy atom. The van der Waals surface area contributed by atoms with E-state index in [0.717, 1.165) is 30.9 Å². The summed E-state index contributed by atoms with van der Waals surface area (Å²) < 4.78 is 15.1. The van der Waals surface area contributed by atoms with Gasteiger partial charge in [-0.2, -0.15) is 0 Å². The van der Waals surface area contributed by atoms with Gasteiger partial charge in [0.25, 0.3) is 0 Å². The predicted octanol–water partition coefficient (Wildman–Crippen LogP) is 3.22. The lowest BCUT2D eigenvalue weighted by Gasteiger charge is -2.09. The third-order valence-electron chi connectivity index (χ3n) is 2.85. The topological polar surface area (TPSA) is 29.9 Å². The number of benzene rings is 1. The SMILES string of the molecule is CCCNCc1nccn1Cc1ccc(F)c(Cl)c1. The van der Waals surface area contributed by atoms with Crippen LogP contribution in [0.5, 0.6) is 0 Å². The summed E-state index contributed by atoms with van der Waals surface area (Å²) in [7, 11) is 0. The standard InChI is InChI=1S/C14H17ClFN3/c1-2-5-17-9-14-18-6-7-19(14)10-11-3-4-13(16)12(15)8-11/h3-4,6-8,17H,2,5,9-10H2,1H3. The Labute approximate surface area is 117 Å². The second-order valence-corrected chi connectivity index (χ2v) is 4.80. The van der Waals surface area contributed by atoms with Gasteiger partial charge in [0.05, 0.1) is 11.6 Å². The van der Waals surface area contributed by atoms with Crippen LogP contribution < -0.4 is 5.32 Å². The Morgan fingerprint density at radius 1 is 1.42 bits per heavy atom. The zero-order chi connectivity index (χ0) is 13.7. The average molecular weight is 282 g/mol. The molecule has 3 nitrogen and oxygen atoms in total. The van der Waals surface area contributed by atoms with E-state index in [4.69, 9.17) is 11.6 Å². The maximum absolute atomic E-state index is 13.1. The van der Waals surface area contributed by atoms with Crippen molar-refractivity contribution in [1.29, 1.82) is 0 Å². The summed E-state index contributed by atoms with van der Waals surface area (Å²) in [4.78, 5) is 4.32. The molecule has 102 valence electrons. The van der Waals surface area contributed by atoms with Crippen molar-refractivity contribution in [3.05, 3.63) is 52.8 Å². The van der Waals surface area contributed by atoms with Gasteiger partial charge in [0.2, 0.25) is 0 Å².